The van der Waals surface area contributed by atoms with E-state index in [1.807, 2.05) is 6.92 Å². The Hall–Kier alpha value is -1.24. The molecule has 0 spiro atoms. The van der Waals surface area contributed by atoms with Crippen LogP contribution in [0.4, 0.5) is 0 Å². The molecule has 6 heteroatoms. The van der Waals surface area contributed by atoms with Crippen molar-refractivity contribution in [3.8, 4) is 0 Å². The van der Waals surface area contributed by atoms with Crippen LogP contribution in [0.25, 0.3) is 0 Å². The predicted molar refractivity (Wildman–Crippen MR) is 103 cm³/mol. The zero-order valence-electron chi connectivity index (χ0n) is 16.1. The van der Waals surface area contributed by atoms with Crippen molar-refractivity contribution < 1.29 is 0 Å². The van der Waals surface area contributed by atoms with Crippen LogP contribution in [-0.4, -0.2) is 82.1 Å². The van der Waals surface area contributed by atoms with Gasteiger partial charge >= 0.3 is 0 Å². The molecule has 26 heavy (non-hydrogen) atoms. The van der Waals surface area contributed by atoms with E-state index >= 15 is 0 Å². The van der Waals surface area contributed by atoms with Gasteiger partial charge in [-0.05, 0) is 19.8 Å². The standard InChI is InChI=1S/C20H33N5O/c1-17-13-20(26)25(16-21-17)8-7-22-14-19(15-22)24-11-9-23(10-12-24)18-5-3-2-4-6-18/h13,16,18-19H,2-12,14-15H2,1H3. The van der Waals surface area contributed by atoms with E-state index in [2.05, 4.69) is 19.7 Å². The zero-order valence-corrected chi connectivity index (χ0v) is 16.1. The summed E-state index contributed by atoms with van der Waals surface area (Å²) in [6, 6.07) is 3.20. The third-order valence-electron chi connectivity index (χ3n) is 6.57. The van der Waals surface area contributed by atoms with Crippen molar-refractivity contribution in [2.45, 2.75) is 57.7 Å². The largest absolute Gasteiger partial charge is 0.298 e. The second kappa shape index (κ2) is 8.19. The van der Waals surface area contributed by atoms with Gasteiger partial charge in [0.15, 0.2) is 0 Å². The highest BCUT2D eigenvalue weighted by molar-refractivity contribution is 4.96. The van der Waals surface area contributed by atoms with Crippen molar-refractivity contribution in [3.63, 3.8) is 0 Å². The molecule has 0 radical (unpaired) electrons. The van der Waals surface area contributed by atoms with Gasteiger partial charge in [0.25, 0.3) is 5.56 Å². The maximum Gasteiger partial charge on any atom is 0.253 e. The number of aromatic nitrogens is 2. The topological polar surface area (TPSA) is 44.6 Å². The van der Waals surface area contributed by atoms with Gasteiger partial charge < -0.3 is 0 Å². The Bertz CT molecular complexity index is 640. The summed E-state index contributed by atoms with van der Waals surface area (Å²) in [6.07, 6.45) is 8.83. The van der Waals surface area contributed by atoms with Crippen LogP contribution in [0, 0.1) is 6.92 Å². The monoisotopic (exact) mass is 359 g/mol. The molecule has 0 aromatic carbocycles. The molecule has 3 fully saturated rings. The van der Waals surface area contributed by atoms with Crippen LogP contribution in [0.2, 0.25) is 0 Å². The summed E-state index contributed by atoms with van der Waals surface area (Å²) in [5, 5.41) is 0. The van der Waals surface area contributed by atoms with Gasteiger partial charge in [0.1, 0.15) is 0 Å². The number of piperazine rings is 1. The van der Waals surface area contributed by atoms with Crippen molar-refractivity contribution in [3.05, 3.63) is 28.4 Å². The quantitative estimate of drug-likeness (QED) is 0.790. The van der Waals surface area contributed by atoms with Crippen molar-refractivity contribution in [2.24, 2.45) is 0 Å². The van der Waals surface area contributed by atoms with E-state index in [-0.39, 0.29) is 5.56 Å². The zero-order chi connectivity index (χ0) is 17.9. The van der Waals surface area contributed by atoms with E-state index in [0.29, 0.717) is 0 Å². The first-order chi connectivity index (χ1) is 12.7. The Balaban J connectivity index is 1.17. The van der Waals surface area contributed by atoms with Crippen LogP contribution in [0.1, 0.15) is 37.8 Å². The molecule has 3 heterocycles. The number of rotatable bonds is 5. The van der Waals surface area contributed by atoms with E-state index in [9.17, 15) is 4.79 Å². The first-order valence-corrected chi connectivity index (χ1v) is 10.4. The summed E-state index contributed by atoms with van der Waals surface area (Å²) in [4.78, 5) is 24.1. The molecule has 0 unspecified atom stereocenters. The minimum absolute atomic E-state index is 0.0633. The first kappa shape index (κ1) is 18.1. The highest BCUT2D eigenvalue weighted by Gasteiger charge is 2.34. The highest BCUT2D eigenvalue weighted by Crippen LogP contribution is 2.24. The summed E-state index contributed by atoms with van der Waals surface area (Å²) < 4.78 is 1.73. The van der Waals surface area contributed by atoms with Gasteiger partial charge in [-0.15, -0.1) is 0 Å². The summed E-state index contributed by atoms with van der Waals surface area (Å²) >= 11 is 0. The highest BCUT2D eigenvalue weighted by atomic mass is 16.1. The van der Waals surface area contributed by atoms with E-state index < -0.39 is 0 Å². The number of nitrogens with zero attached hydrogens (tertiary/aromatic N) is 5. The summed E-state index contributed by atoms with van der Waals surface area (Å²) in [5.41, 5.74) is 0.857. The van der Waals surface area contributed by atoms with Crippen LogP contribution in [-0.2, 0) is 6.54 Å². The first-order valence-electron chi connectivity index (χ1n) is 10.4. The average Bonchev–Trinajstić information content (AvgIpc) is 2.63. The molecule has 0 N–H and O–H groups in total. The molecule has 1 aliphatic carbocycles. The Morgan fingerprint density at radius 1 is 0.962 bits per heavy atom. The maximum atomic E-state index is 11.9. The maximum absolute atomic E-state index is 11.9. The van der Waals surface area contributed by atoms with Crippen LogP contribution >= 0.6 is 0 Å². The lowest BCUT2D eigenvalue weighted by atomic mass is 9.93. The van der Waals surface area contributed by atoms with Gasteiger partial charge in [0, 0.05) is 76.2 Å². The number of likely N-dealkylation sites (tertiary alicyclic amines) is 1. The lowest BCUT2D eigenvalue weighted by molar-refractivity contribution is -0.00828. The number of hydrogen-bond acceptors (Lipinski definition) is 5. The van der Waals surface area contributed by atoms with E-state index in [4.69, 9.17) is 0 Å². The van der Waals surface area contributed by atoms with Gasteiger partial charge in [-0.1, -0.05) is 19.3 Å². The lowest BCUT2D eigenvalue weighted by Gasteiger charge is -2.49. The van der Waals surface area contributed by atoms with E-state index in [0.717, 1.165) is 44.0 Å². The molecule has 6 nitrogen and oxygen atoms in total. The van der Waals surface area contributed by atoms with Crippen LogP contribution in [0.15, 0.2) is 17.2 Å². The van der Waals surface area contributed by atoms with E-state index in [1.54, 1.807) is 17.0 Å². The second-order valence-corrected chi connectivity index (χ2v) is 8.34. The summed E-state index contributed by atoms with van der Waals surface area (Å²) in [6.45, 7) is 10.8. The Kier molecular flexibility index (Phi) is 5.72. The third kappa shape index (κ3) is 4.18. The van der Waals surface area contributed by atoms with Gasteiger partial charge in [-0.25, -0.2) is 4.98 Å². The lowest BCUT2D eigenvalue weighted by Crippen LogP contribution is -2.64. The van der Waals surface area contributed by atoms with Crippen LogP contribution in [0.5, 0.6) is 0 Å². The molecule has 2 aliphatic heterocycles. The molecular weight excluding hydrogens is 326 g/mol. The van der Waals surface area contributed by atoms with Gasteiger partial charge in [0.2, 0.25) is 0 Å². The Labute approximate surface area is 156 Å². The molecular formula is C20H33N5O. The summed E-state index contributed by atoms with van der Waals surface area (Å²) in [7, 11) is 0. The van der Waals surface area contributed by atoms with Crippen molar-refractivity contribution in [1.82, 2.24) is 24.3 Å². The van der Waals surface area contributed by atoms with Gasteiger partial charge in [0.05, 0.1) is 6.33 Å². The molecule has 1 saturated carbocycles. The molecule has 0 bridgehead atoms. The van der Waals surface area contributed by atoms with Crippen molar-refractivity contribution in [1.29, 1.82) is 0 Å². The smallest absolute Gasteiger partial charge is 0.253 e. The molecule has 2 saturated heterocycles. The fraction of sp³-hybridized carbons (Fsp3) is 0.800. The fourth-order valence-electron chi connectivity index (χ4n) is 4.80. The van der Waals surface area contributed by atoms with Crippen LogP contribution < -0.4 is 5.56 Å². The minimum Gasteiger partial charge on any atom is -0.298 e. The molecule has 0 atom stereocenters. The SMILES string of the molecule is Cc1cc(=O)n(CCN2CC(N3CCN(C4CCCCC4)CC3)C2)cn1. The second-order valence-electron chi connectivity index (χ2n) is 8.34. The molecule has 4 rings (SSSR count). The third-order valence-corrected chi connectivity index (χ3v) is 6.57. The summed E-state index contributed by atoms with van der Waals surface area (Å²) in [5.74, 6) is 0. The molecule has 3 aliphatic rings. The Morgan fingerprint density at radius 3 is 2.27 bits per heavy atom. The van der Waals surface area contributed by atoms with Crippen molar-refractivity contribution >= 4 is 0 Å². The molecule has 0 amide bonds. The van der Waals surface area contributed by atoms with Crippen molar-refractivity contribution in [2.75, 3.05) is 45.8 Å². The molecule has 1 aromatic rings. The van der Waals surface area contributed by atoms with Gasteiger partial charge in [-0.3, -0.25) is 24.1 Å². The van der Waals surface area contributed by atoms with E-state index in [1.165, 1.54) is 58.3 Å². The number of hydrogen-bond donors (Lipinski definition) is 0. The van der Waals surface area contributed by atoms with Gasteiger partial charge in [-0.2, -0.15) is 0 Å². The fourth-order valence-corrected chi connectivity index (χ4v) is 4.80. The predicted octanol–water partition coefficient (Wildman–Crippen LogP) is 1.19. The minimum atomic E-state index is 0.0633. The normalized spacial score (nSPS) is 24.7. The number of aryl methyl sites for hydroxylation is 1. The molecule has 144 valence electrons. The molecule has 1 aromatic heterocycles. The average molecular weight is 360 g/mol. The van der Waals surface area contributed by atoms with Crippen LogP contribution in [0.3, 0.4) is 0 Å². The Morgan fingerprint density at radius 2 is 1.62 bits per heavy atom.